The minimum atomic E-state index is -4.75. The predicted octanol–water partition coefficient (Wildman–Crippen LogP) is 1.79. The number of hydrogen-bond acceptors (Lipinski definition) is 1. The number of nitrogens with zero attached hydrogens (tertiary/aromatic N) is 1. The Hall–Kier alpha value is -0.260. The van der Waals surface area contributed by atoms with Crippen molar-refractivity contribution in [1.82, 2.24) is 4.90 Å². The summed E-state index contributed by atoms with van der Waals surface area (Å²) >= 11 is 3.06. The number of hydrogen-bond donors (Lipinski definition) is 0. The van der Waals surface area contributed by atoms with Crippen molar-refractivity contribution in [3.05, 3.63) is 0 Å². The number of amides is 1. The van der Waals surface area contributed by atoms with E-state index in [-0.39, 0.29) is 6.54 Å². The molecule has 0 atom stereocenters. The molecule has 0 rings (SSSR count). The fourth-order valence-electron chi connectivity index (χ4n) is 0.615. The van der Waals surface area contributed by atoms with Crippen molar-refractivity contribution >= 4 is 21.8 Å². The van der Waals surface area contributed by atoms with E-state index in [0.717, 1.165) is 7.05 Å². The van der Waals surface area contributed by atoms with Gasteiger partial charge in [-0.05, 0) is 6.42 Å². The third kappa shape index (κ3) is 3.94. The van der Waals surface area contributed by atoms with E-state index in [1.54, 1.807) is 0 Å². The van der Waals surface area contributed by atoms with E-state index in [1.807, 2.05) is 0 Å². The summed E-state index contributed by atoms with van der Waals surface area (Å²) in [6.45, 7) is 0.115. The molecule has 0 aromatic rings. The Balaban J connectivity index is 3.94. The van der Waals surface area contributed by atoms with Crippen molar-refractivity contribution in [2.45, 2.75) is 12.6 Å². The summed E-state index contributed by atoms with van der Waals surface area (Å²) in [6, 6.07) is 0. The second-order valence-corrected chi connectivity index (χ2v) is 3.06. The van der Waals surface area contributed by atoms with Gasteiger partial charge >= 0.3 is 12.1 Å². The highest BCUT2D eigenvalue weighted by atomic mass is 79.9. The third-order valence-electron chi connectivity index (χ3n) is 1.22. The maximum absolute atomic E-state index is 11.7. The average Bonchev–Trinajstić information content (AvgIpc) is 1.97. The van der Waals surface area contributed by atoms with Crippen molar-refractivity contribution in [3.63, 3.8) is 0 Å². The van der Waals surface area contributed by atoms with Crippen molar-refractivity contribution in [2.24, 2.45) is 0 Å². The molecule has 2 nitrogen and oxygen atoms in total. The maximum atomic E-state index is 11.7. The lowest BCUT2D eigenvalue weighted by Gasteiger charge is -2.17. The van der Waals surface area contributed by atoms with Crippen LogP contribution in [0.25, 0.3) is 0 Å². The van der Waals surface area contributed by atoms with E-state index in [1.165, 1.54) is 0 Å². The van der Waals surface area contributed by atoms with Crippen LogP contribution >= 0.6 is 15.9 Å². The Labute approximate surface area is 76.8 Å². The Morgan fingerprint density at radius 2 is 2.00 bits per heavy atom. The number of rotatable bonds is 3. The molecular weight excluding hydrogens is 239 g/mol. The molecule has 0 saturated carbocycles. The minimum absolute atomic E-state index is 0.115. The molecule has 0 radical (unpaired) electrons. The van der Waals surface area contributed by atoms with Crippen molar-refractivity contribution in [1.29, 1.82) is 0 Å². The molecule has 0 bridgehead atoms. The summed E-state index contributed by atoms with van der Waals surface area (Å²) < 4.78 is 35.2. The first-order valence-corrected chi connectivity index (χ1v) is 4.40. The summed E-state index contributed by atoms with van der Waals surface area (Å²) in [5.74, 6) is -1.79. The molecule has 0 aromatic carbocycles. The number of carbonyl (C=O) groups excluding carboxylic acids is 1. The van der Waals surface area contributed by atoms with Crippen LogP contribution in [0.3, 0.4) is 0 Å². The average molecular weight is 248 g/mol. The molecule has 0 saturated heterocycles. The van der Waals surface area contributed by atoms with Gasteiger partial charge in [0.1, 0.15) is 0 Å². The zero-order valence-electron chi connectivity index (χ0n) is 6.49. The minimum Gasteiger partial charge on any atom is -0.338 e. The first kappa shape index (κ1) is 11.7. The Morgan fingerprint density at radius 3 is 2.33 bits per heavy atom. The summed E-state index contributed by atoms with van der Waals surface area (Å²) in [7, 11) is 1.14. The Bertz CT molecular complexity index is 159. The number of halogens is 4. The SMILES string of the molecule is CN(CCCBr)C(=O)C(F)(F)F. The summed E-state index contributed by atoms with van der Waals surface area (Å²) in [6.07, 6.45) is -4.24. The monoisotopic (exact) mass is 247 g/mol. The van der Waals surface area contributed by atoms with Crippen LogP contribution in [-0.2, 0) is 4.79 Å². The van der Waals surface area contributed by atoms with Crippen molar-refractivity contribution < 1.29 is 18.0 Å². The van der Waals surface area contributed by atoms with Gasteiger partial charge < -0.3 is 4.90 Å². The van der Waals surface area contributed by atoms with Gasteiger partial charge in [-0.2, -0.15) is 13.2 Å². The Kier molecular flexibility index (Phi) is 4.59. The molecule has 0 fully saturated rings. The molecule has 0 aliphatic heterocycles. The van der Waals surface area contributed by atoms with Crippen LogP contribution in [0.2, 0.25) is 0 Å². The molecule has 6 heteroatoms. The lowest BCUT2D eigenvalue weighted by atomic mass is 10.4. The van der Waals surface area contributed by atoms with Crippen LogP contribution in [-0.4, -0.2) is 35.9 Å². The molecule has 0 unspecified atom stereocenters. The quantitative estimate of drug-likeness (QED) is 0.697. The zero-order chi connectivity index (χ0) is 9.78. The van der Waals surface area contributed by atoms with E-state index in [0.29, 0.717) is 16.7 Å². The first-order valence-electron chi connectivity index (χ1n) is 3.28. The molecule has 0 aliphatic rings. The second-order valence-electron chi connectivity index (χ2n) is 2.27. The van der Waals surface area contributed by atoms with E-state index in [9.17, 15) is 18.0 Å². The van der Waals surface area contributed by atoms with E-state index < -0.39 is 12.1 Å². The maximum Gasteiger partial charge on any atom is 0.471 e. The predicted molar refractivity (Wildman–Crippen MR) is 42.1 cm³/mol. The van der Waals surface area contributed by atoms with Crippen LogP contribution in [0.4, 0.5) is 13.2 Å². The summed E-state index contributed by atoms with van der Waals surface area (Å²) in [5.41, 5.74) is 0. The number of alkyl halides is 4. The van der Waals surface area contributed by atoms with E-state index in [2.05, 4.69) is 15.9 Å². The lowest BCUT2D eigenvalue weighted by molar-refractivity contribution is -0.184. The van der Waals surface area contributed by atoms with Gasteiger partial charge in [0.25, 0.3) is 0 Å². The highest BCUT2D eigenvalue weighted by Crippen LogP contribution is 2.17. The van der Waals surface area contributed by atoms with Crippen LogP contribution in [0.15, 0.2) is 0 Å². The van der Waals surface area contributed by atoms with E-state index >= 15 is 0 Å². The molecule has 0 aliphatic carbocycles. The molecule has 0 aromatic heterocycles. The lowest BCUT2D eigenvalue weighted by Crippen LogP contribution is -2.39. The van der Waals surface area contributed by atoms with Gasteiger partial charge in [-0.1, -0.05) is 15.9 Å². The van der Waals surface area contributed by atoms with Crippen molar-refractivity contribution in [3.8, 4) is 0 Å². The van der Waals surface area contributed by atoms with Gasteiger partial charge in [-0.25, -0.2) is 0 Å². The van der Waals surface area contributed by atoms with Gasteiger partial charge in [-0.15, -0.1) is 0 Å². The highest BCUT2D eigenvalue weighted by molar-refractivity contribution is 9.09. The fraction of sp³-hybridized carbons (Fsp3) is 0.833. The van der Waals surface area contributed by atoms with Crippen LogP contribution < -0.4 is 0 Å². The van der Waals surface area contributed by atoms with Crippen LogP contribution in [0, 0.1) is 0 Å². The molecule has 0 heterocycles. The highest BCUT2D eigenvalue weighted by Gasteiger charge is 2.40. The normalized spacial score (nSPS) is 11.4. The number of carbonyl (C=O) groups is 1. The molecule has 0 spiro atoms. The van der Waals surface area contributed by atoms with Gasteiger partial charge in [0.2, 0.25) is 0 Å². The Morgan fingerprint density at radius 1 is 1.50 bits per heavy atom. The summed E-state index contributed by atoms with van der Waals surface area (Å²) in [4.78, 5) is 11.1. The van der Waals surface area contributed by atoms with E-state index in [4.69, 9.17) is 0 Å². The smallest absolute Gasteiger partial charge is 0.338 e. The standard InChI is InChI=1S/C6H9BrF3NO/c1-11(4-2-3-7)5(12)6(8,9)10/h2-4H2,1H3. The first-order chi connectivity index (χ1) is 5.39. The van der Waals surface area contributed by atoms with Gasteiger partial charge in [0.05, 0.1) is 0 Å². The summed E-state index contributed by atoms with van der Waals surface area (Å²) in [5, 5.41) is 0.586. The molecule has 72 valence electrons. The molecular formula is C6H9BrF3NO. The van der Waals surface area contributed by atoms with Crippen LogP contribution in [0.1, 0.15) is 6.42 Å². The van der Waals surface area contributed by atoms with Crippen molar-refractivity contribution in [2.75, 3.05) is 18.9 Å². The fourth-order valence-corrected chi connectivity index (χ4v) is 0.866. The zero-order valence-corrected chi connectivity index (χ0v) is 8.07. The largest absolute Gasteiger partial charge is 0.471 e. The third-order valence-corrected chi connectivity index (χ3v) is 1.78. The molecule has 0 N–H and O–H groups in total. The topological polar surface area (TPSA) is 20.3 Å². The van der Waals surface area contributed by atoms with Gasteiger partial charge in [0.15, 0.2) is 0 Å². The van der Waals surface area contributed by atoms with Crippen LogP contribution in [0.5, 0.6) is 0 Å². The van der Waals surface area contributed by atoms with Gasteiger partial charge in [-0.3, -0.25) is 4.79 Å². The molecule has 12 heavy (non-hydrogen) atoms. The molecule has 1 amide bonds. The van der Waals surface area contributed by atoms with Gasteiger partial charge in [0, 0.05) is 18.9 Å². The second kappa shape index (κ2) is 4.69.